The molecule has 1 fully saturated rings. The first kappa shape index (κ1) is 11.1. The van der Waals surface area contributed by atoms with Gasteiger partial charge in [0.05, 0.1) is 0 Å². The number of hydrogen-bond acceptors (Lipinski definition) is 1. The average Bonchev–Trinajstić information content (AvgIpc) is 2.96. The van der Waals surface area contributed by atoms with E-state index >= 15 is 0 Å². The first-order chi connectivity index (χ1) is 7.19. The molecule has 0 saturated heterocycles. The molecule has 1 aliphatic carbocycles. The van der Waals surface area contributed by atoms with E-state index in [0.29, 0.717) is 6.04 Å². The van der Waals surface area contributed by atoms with Crippen LogP contribution in [0.15, 0.2) is 22.7 Å². The van der Waals surface area contributed by atoms with Gasteiger partial charge in [0.25, 0.3) is 0 Å². The van der Waals surface area contributed by atoms with E-state index in [1.54, 1.807) is 6.07 Å². The monoisotopic (exact) mass is 271 g/mol. The van der Waals surface area contributed by atoms with Crippen molar-refractivity contribution in [2.45, 2.75) is 38.3 Å². The second-order valence-electron chi connectivity index (χ2n) is 4.10. The highest BCUT2D eigenvalue weighted by molar-refractivity contribution is 9.10. The van der Waals surface area contributed by atoms with Crippen LogP contribution in [0.1, 0.15) is 37.8 Å². The van der Waals surface area contributed by atoms with E-state index in [9.17, 15) is 4.39 Å². The lowest BCUT2D eigenvalue weighted by molar-refractivity contribution is 0.511. The highest BCUT2D eigenvalue weighted by atomic mass is 79.9. The predicted octanol–water partition coefficient (Wildman–Crippen LogP) is 3.79. The zero-order valence-corrected chi connectivity index (χ0v) is 10.3. The second-order valence-corrected chi connectivity index (χ2v) is 5.02. The van der Waals surface area contributed by atoms with Crippen LogP contribution in [-0.2, 0) is 0 Å². The summed E-state index contributed by atoms with van der Waals surface area (Å²) in [6.07, 6.45) is 3.51. The van der Waals surface area contributed by atoms with Gasteiger partial charge in [-0.2, -0.15) is 0 Å². The van der Waals surface area contributed by atoms with Crippen molar-refractivity contribution in [3.05, 3.63) is 34.1 Å². The summed E-state index contributed by atoms with van der Waals surface area (Å²) in [5.41, 5.74) is 1.04. The van der Waals surface area contributed by atoms with Crippen molar-refractivity contribution in [3.8, 4) is 0 Å². The van der Waals surface area contributed by atoms with Crippen molar-refractivity contribution in [2.24, 2.45) is 0 Å². The summed E-state index contributed by atoms with van der Waals surface area (Å²) in [6, 6.07) is 6.04. The minimum absolute atomic E-state index is 0.171. The summed E-state index contributed by atoms with van der Waals surface area (Å²) in [7, 11) is 0. The molecular formula is C12H15BrFN. The molecule has 1 N–H and O–H groups in total. The number of benzene rings is 1. The van der Waals surface area contributed by atoms with E-state index < -0.39 is 0 Å². The molecule has 1 aliphatic rings. The van der Waals surface area contributed by atoms with E-state index in [-0.39, 0.29) is 11.9 Å². The van der Waals surface area contributed by atoms with Crippen LogP contribution in [0.2, 0.25) is 0 Å². The summed E-state index contributed by atoms with van der Waals surface area (Å²) in [5, 5.41) is 3.52. The normalized spacial score (nSPS) is 17.8. The van der Waals surface area contributed by atoms with Crippen molar-refractivity contribution in [2.75, 3.05) is 0 Å². The van der Waals surface area contributed by atoms with Gasteiger partial charge in [-0.05, 0) is 43.0 Å². The van der Waals surface area contributed by atoms with Crippen molar-refractivity contribution < 1.29 is 4.39 Å². The van der Waals surface area contributed by atoms with E-state index in [1.165, 1.54) is 18.9 Å². The maximum Gasteiger partial charge on any atom is 0.124 e. The Morgan fingerprint density at radius 2 is 2.20 bits per heavy atom. The predicted molar refractivity (Wildman–Crippen MR) is 63.3 cm³/mol. The summed E-state index contributed by atoms with van der Waals surface area (Å²) in [5.74, 6) is -0.171. The van der Waals surface area contributed by atoms with Gasteiger partial charge in [0, 0.05) is 16.6 Å². The fourth-order valence-electron chi connectivity index (χ4n) is 1.76. The largest absolute Gasteiger partial charge is 0.307 e. The molecule has 0 aromatic heterocycles. The van der Waals surface area contributed by atoms with Crippen LogP contribution in [0.4, 0.5) is 4.39 Å². The van der Waals surface area contributed by atoms with Gasteiger partial charge in [0.15, 0.2) is 0 Å². The molecule has 1 atom stereocenters. The van der Waals surface area contributed by atoms with E-state index in [1.807, 2.05) is 6.07 Å². The van der Waals surface area contributed by atoms with E-state index in [0.717, 1.165) is 16.5 Å². The average molecular weight is 272 g/mol. The van der Waals surface area contributed by atoms with Crippen LogP contribution in [0.25, 0.3) is 0 Å². The summed E-state index contributed by atoms with van der Waals surface area (Å²) >= 11 is 3.32. The van der Waals surface area contributed by atoms with Gasteiger partial charge in [-0.25, -0.2) is 4.39 Å². The molecule has 3 heteroatoms. The van der Waals surface area contributed by atoms with Gasteiger partial charge < -0.3 is 5.32 Å². The van der Waals surface area contributed by atoms with Gasteiger partial charge in [0.1, 0.15) is 5.82 Å². The molecule has 1 aromatic rings. The highest BCUT2D eigenvalue weighted by Crippen LogP contribution is 2.27. The quantitative estimate of drug-likeness (QED) is 0.879. The highest BCUT2D eigenvalue weighted by Gasteiger charge is 2.24. The van der Waals surface area contributed by atoms with Crippen molar-refractivity contribution in [1.29, 1.82) is 0 Å². The molecule has 1 unspecified atom stereocenters. The molecule has 1 aromatic carbocycles. The Bertz CT molecular complexity index is 329. The lowest BCUT2D eigenvalue weighted by Crippen LogP contribution is -2.22. The molecule has 0 radical (unpaired) electrons. The van der Waals surface area contributed by atoms with Crippen molar-refractivity contribution in [3.63, 3.8) is 0 Å². The smallest absolute Gasteiger partial charge is 0.124 e. The Labute approximate surface area is 98.2 Å². The standard InChI is InChI=1S/C12H15BrFN/c1-2-12(15-11-3-4-11)8-5-9(13)7-10(14)6-8/h5-7,11-12,15H,2-4H2,1H3. The molecule has 0 amide bonds. The van der Waals surface area contributed by atoms with E-state index in [4.69, 9.17) is 0 Å². The molecule has 0 spiro atoms. The Hall–Kier alpha value is -0.410. The summed E-state index contributed by atoms with van der Waals surface area (Å²) in [6.45, 7) is 2.12. The van der Waals surface area contributed by atoms with Gasteiger partial charge in [-0.1, -0.05) is 22.9 Å². The zero-order valence-electron chi connectivity index (χ0n) is 8.76. The number of halogens is 2. The Morgan fingerprint density at radius 3 is 2.73 bits per heavy atom. The van der Waals surface area contributed by atoms with Crippen LogP contribution in [0.3, 0.4) is 0 Å². The van der Waals surface area contributed by atoms with Gasteiger partial charge >= 0.3 is 0 Å². The fraction of sp³-hybridized carbons (Fsp3) is 0.500. The number of hydrogen-bond donors (Lipinski definition) is 1. The molecule has 0 aliphatic heterocycles. The molecule has 0 heterocycles. The van der Waals surface area contributed by atoms with Crippen LogP contribution in [0.5, 0.6) is 0 Å². The van der Waals surface area contributed by atoms with Crippen molar-refractivity contribution >= 4 is 15.9 Å². The number of rotatable bonds is 4. The lowest BCUT2D eigenvalue weighted by Gasteiger charge is -2.17. The summed E-state index contributed by atoms with van der Waals surface area (Å²) in [4.78, 5) is 0. The lowest BCUT2D eigenvalue weighted by atomic mass is 10.0. The SMILES string of the molecule is CCC(NC1CC1)c1cc(F)cc(Br)c1. The third kappa shape index (κ3) is 3.02. The maximum absolute atomic E-state index is 13.2. The summed E-state index contributed by atoms with van der Waals surface area (Å²) < 4.78 is 14.0. The third-order valence-corrected chi connectivity index (χ3v) is 3.17. The molecule has 0 bridgehead atoms. The molecule has 1 nitrogen and oxygen atoms in total. The van der Waals surface area contributed by atoms with Gasteiger partial charge in [-0.15, -0.1) is 0 Å². The Kier molecular flexibility index (Phi) is 3.42. The van der Waals surface area contributed by atoms with Crippen LogP contribution < -0.4 is 5.32 Å². The van der Waals surface area contributed by atoms with Crippen LogP contribution in [-0.4, -0.2) is 6.04 Å². The van der Waals surface area contributed by atoms with Crippen molar-refractivity contribution in [1.82, 2.24) is 5.32 Å². The molecular weight excluding hydrogens is 257 g/mol. The maximum atomic E-state index is 13.2. The molecule has 2 rings (SSSR count). The zero-order chi connectivity index (χ0) is 10.8. The van der Waals surface area contributed by atoms with E-state index in [2.05, 4.69) is 28.2 Å². The van der Waals surface area contributed by atoms with Crippen LogP contribution >= 0.6 is 15.9 Å². The molecule has 1 saturated carbocycles. The van der Waals surface area contributed by atoms with Gasteiger partial charge in [0.2, 0.25) is 0 Å². The first-order valence-electron chi connectivity index (χ1n) is 5.41. The molecule has 15 heavy (non-hydrogen) atoms. The Balaban J connectivity index is 2.16. The molecule has 82 valence electrons. The van der Waals surface area contributed by atoms with Gasteiger partial charge in [-0.3, -0.25) is 0 Å². The third-order valence-electron chi connectivity index (χ3n) is 2.71. The topological polar surface area (TPSA) is 12.0 Å². The minimum Gasteiger partial charge on any atom is -0.307 e. The first-order valence-corrected chi connectivity index (χ1v) is 6.20. The fourth-order valence-corrected chi connectivity index (χ4v) is 2.24. The Morgan fingerprint density at radius 1 is 1.47 bits per heavy atom. The van der Waals surface area contributed by atoms with Crippen LogP contribution in [0, 0.1) is 5.82 Å². The minimum atomic E-state index is -0.171. The second kappa shape index (κ2) is 4.62. The number of nitrogens with one attached hydrogen (secondary N) is 1.